The molecule has 4 aromatic rings. The highest BCUT2D eigenvalue weighted by Gasteiger charge is 2.23. The molecule has 0 bridgehead atoms. The van der Waals surface area contributed by atoms with Crippen molar-refractivity contribution in [2.24, 2.45) is 0 Å². The summed E-state index contributed by atoms with van der Waals surface area (Å²) in [7, 11) is 0. The fraction of sp³-hybridized carbons (Fsp3) is 0.130. The van der Waals surface area contributed by atoms with Crippen molar-refractivity contribution in [2.75, 3.05) is 10.6 Å². The molecular formula is C23H20ClN3O2S. The highest BCUT2D eigenvalue weighted by molar-refractivity contribution is 7.16. The third kappa shape index (κ3) is 4.56. The minimum Gasteiger partial charge on any atom is -0.459 e. The first-order valence-electron chi connectivity index (χ1n) is 9.40. The van der Waals surface area contributed by atoms with Crippen molar-refractivity contribution in [3.8, 4) is 0 Å². The van der Waals surface area contributed by atoms with Gasteiger partial charge in [0.05, 0.1) is 12.3 Å². The molecule has 152 valence electrons. The molecule has 3 aromatic heterocycles. The average molecular weight is 438 g/mol. The Morgan fingerprint density at radius 1 is 1.10 bits per heavy atom. The zero-order chi connectivity index (χ0) is 21.1. The van der Waals surface area contributed by atoms with Crippen LogP contribution >= 0.6 is 22.9 Å². The minimum absolute atomic E-state index is 0.255. The Labute approximate surface area is 183 Å². The third-order valence-corrected chi connectivity index (χ3v) is 5.75. The SMILES string of the molecule is Cc1cccc(N[C@H](c2cccc(Cl)c2)c2cc(C)sc2NC(=O)c2ccco2)n1. The molecule has 3 heterocycles. The smallest absolute Gasteiger partial charge is 0.291 e. The lowest BCUT2D eigenvalue weighted by molar-refractivity contribution is 0.0997. The fourth-order valence-corrected chi connectivity index (χ4v) is 4.36. The standard InChI is InChI=1S/C23H20ClN3O2S/c1-14-6-3-10-20(25-14)26-21(16-7-4-8-17(24)13-16)18-12-15(2)30-23(18)27-22(28)19-9-5-11-29-19/h3-13,21H,1-2H3,(H,25,26)(H,27,28)/t21-/m1/s1. The Bertz CT molecular complexity index is 1170. The first kappa shape index (κ1) is 20.2. The molecule has 30 heavy (non-hydrogen) atoms. The number of anilines is 2. The van der Waals surface area contributed by atoms with Crippen LogP contribution in [-0.2, 0) is 0 Å². The molecule has 5 nitrogen and oxygen atoms in total. The molecule has 0 aliphatic heterocycles. The van der Waals surface area contributed by atoms with Gasteiger partial charge in [0.2, 0.25) is 0 Å². The fourth-order valence-electron chi connectivity index (χ4n) is 3.22. The van der Waals surface area contributed by atoms with Crippen LogP contribution in [0.5, 0.6) is 0 Å². The summed E-state index contributed by atoms with van der Waals surface area (Å²) in [5.41, 5.74) is 2.82. The number of benzene rings is 1. The number of furan rings is 1. The van der Waals surface area contributed by atoms with Gasteiger partial charge in [-0.15, -0.1) is 11.3 Å². The lowest BCUT2D eigenvalue weighted by Gasteiger charge is -2.21. The molecule has 0 aliphatic rings. The Morgan fingerprint density at radius 3 is 2.67 bits per heavy atom. The molecule has 4 rings (SSSR count). The number of hydrogen-bond donors (Lipinski definition) is 2. The molecular weight excluding hydrogens is 418 g/mol. The van der Waals surface area contributed by atoms with Gasteiger partial charge in [-0.25, -0.2) is 4.98 Å². The maximum absolute atomic E-state index is 12.6. The van der Waals surface area contributed by atoms with Gasteiger partial charge in [0, 0.05) is 21.2 Å². The summed E-state index contributed by atoms with van der Waals surface area (Å²) in [6.07, 6.45) is 1.48. The van der Waals surface area contributed by atoms with Crippen LogP contribution in [0.3, 0.4) is 0 Å². The van der Waals surface area contributed by atoms with E-state index >= 15 is 0 Å². The molecule has 0 radical (unpaired) electrons. The first-order chi connectivity index (χ1) is 14.5. The highest BCUT2D eigenvalue weighted by Crippen LogP contribution is 2.38. The Morgan fingerprint density at radius 2 is 1.93 bits per heavy atom. The van der Waals surface area contributed by atoms with Crippen molar-refractivity contribution in [2.45, 2.75) is 19.9 Å². The van der Waals surface area contributed by atoms with Gasteiger partial charge in [0.1, 0.15) is 10.8 Å². The van der Waals surface area contributed by atoms with E-state index in [1.165, 1.54) is 17.6 Å². The van der Waals surface area contributed by atoms with Crippen molar-refractivity contribution < 1.29 is 9.21 Å². The van der Waals surface area contributed by atoms with E-state index < -0.39 is 0 Å². The maximum Gasteiger partial charge on any atom is 0.291 e. The van der Waals surface area contributed by atoms with E-state index in [1.54, 1.807) is 12.1 Å². The van der Waals surface area contributed by atoms with Crippen molar-refractivity contribution >= 4 is 39.7 Å². The Balaban J connectivity index is 1.74. The average Bonchev–Trinajstić information content (AvgIpc) is 3.36. The molecule has 2 N–H and O–H groups in total. The molecule has 0 unspecified atom stereocenters. The second-order valence-corrected chi connectivity index (χ2v) is 8.56. The van der Waals surface area contributed by atoms with E-state index in [4.69, 9.17) is 16.0 Å². The molecule has 0 saturated carbocycles. The molecule has 0 spiro atoms. The topological polar surface area (TPSA) is 67.2 Å². The van der Waals surface area contributed by atoms with Crippen LogP contribution < -0.4 is 10.6 Å². The molecule has 7 heteroatoms. The second-order valence-electron chi connectivity index (χ2n) is 6.87. The van der Waals surface area contributed by atoms with Gasteiger partial charge < -0.3 is 15.1 Å². The van der Waals surface area contributed by atoms with Gasteiger partial charge in [-0.3, -0.25) is 4.79 Å². The Kier molecular flexibility index (Phi) is 5.88. The molecule has 1 atom stereocenters. The van der Waals surface area contributed by atoms with Crippen LogP contribution in [-0.4, -0.2) is 10.9 Å². The van der Waals surface area contributed by atoms with E-state index in [9.17, 15) is 4.79 Å². The van der Waals surface area contributed by atoms with Gasteiger partial charge >= 0.3 is 0 Å². The number of amides is 1. The summed E-state index contributed by atoms with van der Waals surface area (Å²) in [6.45, 7) is 3.96. The summed E-state index contributed by atoms with van der Waals surface area (Å²) in [4.78, 5) is 18.3. The van der Waals surface area contributed by atoms with Crippen molar-refractivity contribution in [1.29, 1.82) is 0 Å². The largest absolute Gasteiger partial charge is 0.459 e. The monoisotopic (exact) mass is 437 g/mol. The number of halogens is 1. The van der Waals surface area contributed by atoms with Crippen LogP contribution in [0.25, 0.3) is 0 Å². The number of carbonyl (C=O) groups is 1. The summed E-state index contributed by atoms with van der Waals surface area (Å²) < 4.78 is 5.23. The molecule has 0 aliphatic carbocycles. The van der Waals surface area contributed by atoms with Crippen molar-refractivity contribution in [3.05, 3.63) is 99.4 Å². The van der Waals surface area contributed by atoms with Gasteiger partial charge in [0.25, 0.3) is 5.91 Å². The van der Waals surface area contributed by atoms with Crippen LogP contribution in [0.15, 0.2) is 71.3 Å². The number of hydrogen-bond acceptors (Lipinski definition) is 5. The van der Waals surface area contributed by atoms with E-state index in [-0.39, 0.29) is 17.7 Å². The summed E-state index contributed by atoms with van der Waals surface area (Å²) in [5.74, 6) is 0.716. The van der Waals surface area contributed by atoms with Gasteiger partial charge in [-0.1, -0.05) is 29.8 Å². The molecule has 1 amide bonds. The lowest BCUT2D eigenvalue weighted by Crippen LogP contribution is -2.17. The van der Waals surface area contributed by atoms with E-state index in [0.717, 1.165) is 32.5 Å². The van der Waals surface area contributed by atoms with Crippen molar-refractivity contribution in [1.82, 2.24) is 4.98 Å². The number of aromatic nitrogens is 1. The summed E-state index contributed by atoms with van der Waals surface area (Å²) in [6, 6.07) is 18.6. The molecule has 0 saturated heterocycles. The van der Waals surface area contributed by atoms with E-state index in [0.29, 0.717) is 5.02 Å². The normalized spacial score (nSPS) is 11.8. The zero-order valence-electron chi connectivity index (χ0n) is 16.5. The van der Waals surface area contributed by atoms with Gasteiger partial charge in [0.15, 0.2) is 5.76 Å². The Hall–Kier alpha value is -3.09. The molecule has 0 fully saturated rings. The highest BCUT2D eigenvalue weighted by atomic mass is 35.5. The number of nitrogens with zero attached hydrogens (tertiary/aromatic N) is 1. The van der Waals surface area contributed by atoms with Crippen LogP contribution in [0.1, 0.15) is 38.3 Å². The number of nitrogens with one attached hydrogen (secondary N) is 2. The van der Waals surface area contributed by atoms with E-state index in [2.05, 4.69) is 21.7 Å². The number of carbonyl (C=O) groups excluding carboxylic acids is 1. The summed E-state index contributed by atoms with van der Waals surface area (Å²) in [5, 5.41) is 7.88. The number of pyridine rings is 1. The lowest BCUT2D eigenvalue weighted by atomic mass is 10.00. The minimum atomic E-state index is -0.290. The number of thiophene rings is 1. The van der Waals surface area contributed by atoms with Gasteiger partial charge in [-0.2, -0.15) is 0 Å². The molecule has 1 aromatic carbocycles. The van der Waals surface area contributed by atoms with E-state index in [1.807, 2.05) is 56.3 Å². The third-order valence-electron chi connectivity index (χ3n) is 4.53. The van der Waals surface area contributed by atoms with Crippen molar-refractivity contribution in [3.63, 3.8) is 0 Å². The first-order valence-corrected chi connectivity index (χ1v) is 10.6. The van der Waals surface area contributed by atoms with Crippen LogP contribution in [0.2, 0.25) is 5.02 Å². The predicted molar refractivity (Wildman–Crippen MR) is 122 cm³/mol. The zero-order valence-corrected chi connectivity index (χ0v) is 18.1. The van der Waals surface area contributed by atoms with Crippen LogP contribution in [0.4, 0.5) is 10.8 Å². The van der Waals surface area contributed by atoms with Crippen LogP contribution in [0, 0.1) is 13.8 Å². The number of rotatable bonds is 6. The summed E-state index contributed by atoms with van der Waals surface area (Å²) >= 11 is 7.79. The quantitative estimate of drug-likeness (QED) is 0.363. The number of aryl methyl sites for hydroxylation is 2. The second kappa shape index (κ2) is 8.73. The van der Waals surface area contributed by atoms with Gasteiger partial charge in [-0.05, 0) is 61.9 Å². The maximum atomic E-state index is 12.6. The predicted octanol–water partition coefficient (Wildman–Crippen LogP) is 6.46.